The second-order valence-electron chi connectivity index (χ2n) is 10.5. The first-order valence-electron chi connectivity index (χ1n) is 14.7. The first-order valence-corrected chi connectivity index (χ1v) is 15.9. The Balaban J connectivity index is 2.10. The Hall–Kier alpha value is -1.85. The summed E-state index contributed by atoms with van der Waals surface area (Å²) in [4.78, 5) is 46.1. The fourth-order valence-electron chi connectivity index (χ4n) is 4.42. The maximum atomic E-state index is 12.3. The number of unbranched alkanes of at least 4 members (excludes halogenated alkanes) is 10. The van der Waals surface area contributed by atoms with Crippen molar-refractivity contribution in [2.24, 2.45) is 5.73 Å². The topological polar surface area (TPSA) is 171 Å². The zero-order valence-electron chi connectivity index (χ0n) is 23.7. The summed E-state index contributed by atoms with van der Waals surface area (Å²) in [5.41, 5.74) is 5.42. The van der Waals surface area contributed by atoms with Crippen molar-refractivity contribution in [2.45, 2.75) is 134 Å². The molecule has 0 bridgehead atoms. The number of nitrogens with one attached hydrogen (secondary N) is 2. The first kappa shape index (κ1) is 35.2. The number of epoxide rings is 1. The molecular weight excluding hydrogens is 522 g/mol. The van der Waals surface area contributed by atoms with Crippen molar-refractivity contribution in [2.75, 3.05) is 18.1 Å². The smallest absolute Gasteiger partial charge is 0.322 e. The molecule has 39 heavy (non-hydrogen) atoms. The van der Waals surface area contributed by atoms with E-state index in [2.05, 4.69) is 17.6 Å². The van der Waals surface area contributed by atoms with Crippen LogP contribution in [0, 0.1) is 0 Å². The second kappa shape index (κ2) is 21.9. The van der Waals surface area contributed by atoms with E-state index in [0.717, 1.165) is 25.0 Å². The van der Waals surface area contributed by atoms with E-state index < -0.39 is 42.4 Å². The van der Waals surface area contributed by atoms with Crippen LogP contribution in [-0.2, 0) is 23.9 Å². The van der Waals surface area contributed by atoms with Gasteiger partial charge in [-0.25, -0.2) is 0 Å². The molecule has 1 aliphatic rings. The number of thioether (sulfide) groups is 1. The molecule has 1 heterocycles. The quantitative estimate of drug-likeness (QED) is 0.0761. The fraction of sp³-hybridized carbons (Fsp3) is 0.857. The summed E-state index contributed by atoms with van der Waals surface area (Å²) >= 11 is 1.53. The number of carboxylic acid groups (broad SMARTS) is 2. The molecule has 2 unspecified atom stereocenters. The Kier molecular flexibility index (Phi) is 19.8. The molecule has 11 heteroatoms. The summed E-state index contributed by atoms with van der Waals surface area (Å²) < 4.78 is 5.82. The lowest BCUT2D eigenvalue weighted by molar-refractivity contribution is -0.139. The van der Waals surface area contributed by atoms with Gasteiger partial charge >= 0.3 is 11.9 Å². The van der Waals surface area contributed by atoms with Crippen LogP contribution < -0.4 is 16.4 Å². The van der Waals surface area contributed by atoms with Crippen LogP contribution in [0.3, 0.4) is 0 Å². The number of carbonyl (C=O) groups is 4. The molecule has 10 nitrogen and oxygen atoms in total. The van der Waals surface area contributed by atoms with Gasteiger partial charge in [-0.2, -0.15) is 11.8 Å². The van der Waals surface area contributed by atoms with Crippen molar-refractivity contribution >= 4 is 35.5 Å². The average molecular weight is 574 g/mol. The van der Waals surface area contributed by atoms with E-state index in [4.69, 9.17) is 20.7 Å². The molecular formula is C28H51N3O7S. The summed E-state index contributed by atoms with van der Waals surface area (Å²) in [6.45, 7) is 1.71. The Morgan fingerprint density at radius 2 is 1.44 bits per heavy atom. The van der Waals surface area contributed by atoms with Gasteiger partial charge in [-0.05, 0) is 31.4 Å². The van der Waals surface area contributed by atoms with Gasteiger partial charge in [0, 0.05) is 12.2 Å². The zero-order valence-corrected chi connectivity index (χ0v) is 24.5. The van der Waals surface area contributed by atoms with Crippen molar-refractivity contribution < 1.29 is 34.1 Å². The van der Waals surface area contributed by atoms with Crippen LogP contribution in [0.15, 0.2) is 0 Å². The summed E-state index contributed by atoms with van der Waals surface area (Å²) in [5.74, 6) is -2.30. The van der Waals surface area contributed by atoms with Gasteiger partial charge in [0.1, 0.15) is 18.6 Å². The molecule has 0 spiro atoms. The average Bonchev–Trinajstić information content (AvgIpc) is 3.65. The molecule has 0 aromatic rings. The molecule has 226 valence electrons. The van der Waals surface area contributed by atoms with E-state index in [1.54, 1.807) is 0 Å². The number of rotatable bonds is 26. The molecule has 0 radical (unpaired) electrons. The lowest BCUT2D eigenvalue weighted by Crippen LogP contribution is -2.49. The van der Waals surface area contributed by atoms with Crippen molar-refractivity contribution in [3.8, 4) is 0 Å². The maximum absolute atomic E-state index is 12.3. The van der Waals surface area contributed by atoms with Gasteiger partial charge in [0.25, 0.3) is 0 Å². The van der Waals surface area contributed by atoms with E-state index in [-0.39, 0.29) is 12.8 Å². The van der Waals surface area contributed by atoms with E-state index in [9.17, 15) is 19.2 Å². The van der Waals surface area contributed by atoms with Gasteiger partial charge < -0.3 is 31.3 Å². The Labute approximate surface area is 237 Å². The molecule has 0 saturated carbocycles. The normalized spacial score (nSPS) is 17.8. The minimum atomic E-state index is -1.20. The third kappa shape index (κ3) is 19.0. The highest BCUT2D eigenvalue weighted by atomic mass is 32.2. The van der Waals surface area contributed by atoms with Crippen LogP contribution in [0.2, 0.25) is 0 Å². The molecule has 1 saturated heterocycles. The summed E-state index contributed by atoms with van der Waals surface area (Å²) in [6.07, 6.45) is 18.1. The molecule has 0 aromatic carbocycles. The van der Waals surface area contributed by atoms with Gasteiger partial charge in [-0.15, -0.1) is 0 Å². The van der Waals surface area contributed by atoms with Crippen molar-refractivity contribution in [1.29, 1.82) is 0 Å². The first-order chi connectivity index (χ1) is 18.7. The molecule has 2 amide bonds. The summed E-state index contributed by atoms with van der Waals surface area (Å²) in [6, 6.07) is -2.05. The number of aliphatic carboxylic acids is 2. The molecule has 4 atom stereocenters. The van der Waals surface area contributed by atoms with E-state index in [1.165, 1.54) is 82.4 Å². The van der Waals surface area contributed by atoms with Crippen molar-refractivity contribution in [3.05, 3.63) is 0 Å². The number of amides is 2. The second-order valence-corrected chi connectivity index (χ2v) is 11.6. The molecule has 0 aromatic heterocycles. The van der Waals surface area contributed by atoms with Crippen LogP contribution in [0.4, 0.5) is 0 Å². The number of hydrogen-bond donors (Lipinski definition) is 5. The minimum absolute atomic E-state index is 0.0504. The highest BCUT2D eigenvalue weighted by Crippen LogP contribution is 2.31. The largest absolute Gasteiger partial charge is 0.480 e. The Bertz CT molecular complexity index is 725. The number of carboxylic acids is 2. The van der Waals surface area contributed by atoms with Crippen molar-refractivity contribution in [1.82, 2.24) is 10.6 Å². The number of carbonyl (C=O) groups excluding carboxylic acids is 2. The molecule has 6 N–H and O–H groups in total. The highest BCUT2D eigenvalue weighted by Gasteiger charge is 2.36. The van der Waals surface area contributed by atoms with Crippen LogP contribution >= 0.6 is 11.8 Å². The van der Waals surface area contributed by atoms with E-state index >= 15 is 0 Å². The maximum Gasteiger partial charge on any atom is 0.322 e. The number of ether oxygens (including phenoxy) is 1. The molecule has 1 fully saturated rings. The predicted octanol–water partition coefficient (Wildman–Crippen LogP) is 3.85. The van der Waals surface area contributed by atoms with Gasteiger partial charge in [0.15, 0.2) is 0 Å². The summed E-state index contributed by atoms with van der Waals surface area (Å²) in [7, 11) is 0. The number of nitrogens with two attached hydrogens (primary N) is 1. The Morgan fingerprint density at radius 1 is 0.872 bits per heavy atom. The van der Waals surface area contributed by atoms with Crippen molar-refractivity contribution in [3.63, 3.8) is 0 Å². The molecule has 0 aliphatic carbocycles. The van der Waals surface area contributed by atoms with Crippen LogP contribution in [-0.4, -0.2) is 76.3 Å². The third-order valence-corrected chi connectivity index (χ3v) is 8.05. The summed E-state index contributed by atoms with van der Waals surface area (Å²) in [5, 5.41) is 22.5. The lowest BCUT2D eigenvalue weighted by Gasteiger charge is -2.18. The van der Waals surface area contributed by atoms with Gasteiger partial charge in [-0.1, -0.05) is 77.6 Å². The van der Waals surface area contributed by atoms with E-state index in [1.807, 2.05) is 0 Å². The predicted molar refractivity (Wildman–Crippen MR) is 154 cm³/mol. The number of hydrogen-bond acceptors (Lipinski definition) is 7. The van der Waals surface area contributed by atoms with Crippen LogP contribution in [0.25, 0.3) is 0 Å². The fourth-order valence-corrected chi connectivity index (χ4v) is 5.46. The third-order valence-electron chi connectivity index (χ3n) is 6.91. The molecule has 1 rings (SSSR count). The van der Waals surface area contributed by atoms with Crippen LogP contribution in [0.5, 0.6) is 0 Å². The van der Waals surface area contributed by atoms with Gasteiger partial charge in [-0.3, -0.25) is 19.2 Å². The molecule has 1 aliphatic heterocycles. The minimum Gasteiger partial charge on any atom is -0.480 e. The zero-order chi connectivity index (χ0) is 28.9. The SMILES string of the molecule is CCCCCCCCC1OC1CCCCCCCCSC[C@H](NC(=O)CC[C@H](N)C(=O)O)C(=O)NCC(=O)O. The highest BCUT2D eigenvalue weighted by molar-refractivity contribution is 7.99. The van der Waals surface area contributed by atoms with E-state index in [0.29, 0.717) is 18.0 Å². The lowest BCUT2D eigenvalue weighted by atomic mass is 10.0. The monoisotopic (exact) mass is 573 g/mol. The standard InChI is InChI=1S/C28H51N3O7S/c1-2-3-4-5-8-11-14-23-24(38-23)15-12-9-6-7-10-13-18-39-20-22(27(35)30-19-26(33)34)31-25(32)17-16-21(29)28(36)37/h21-24H,2-20,29H2,1H3,(H,30,35)(H,31,32)(H,33,34)(H,36,37)/t21-,22-,23?,24?/m0/s1. The van der Waals surface area contributed by atoms with Gasteiger partial charge in [0.05, 0.1) is 12.2 Å². The Morgan fingerprint density at radius 3 is 2.00 bits per heavy atom. The van der Waals surface area contributed by atoms with Crippen LogP contribution in [0.1, 0.15) is 110 Å². The van der Waals surface area contributed by atoms with Gasteiger partial charge in [0.2, 0.25) is 11.8 Å².